The van der Waals surface area contributed by atoms with Crippen LogP contribution in [0.1, 0.15) is 335 Å². The summed E-state index contributed by atoms with van der Waals surface area (Å²) in [7, 11) is -5.09. The third-order valence-corrected chi connectivity index (χ3v) is 16.9. The first kappa shape index (κ1) is 77.3. The van der Waals surface area contributed by atoms with Gasteiger partial charge >= 0.3 is 10.4 Å². The molecule has 0 bridgehead atoms. The molecule has 1 aliphatic heterocycles. The highest BCUT2D eigenvalue weighted by atomic mass is 32.3. The molecule has 1 fully saturated rings. The molecule has 0 spiro atoms. The minimum absolute atomic E-state index is 0.257. The van der Waals surface area contributed by atoms with E-state index in [2.05, 4.69) is 47.7 Å². The van der Waals surface area contributed by atoms with Gasteiger partial charge in [-0.3, -0.25) is 9.35 Å². The van der Waals surface area contributed by atoms with E-state index >= 15 is 0 Å². The summed E-state index contributed by atoms with van der Waals surface area (Å²) in [5.74, 6) is -0.257. The zero-order chi connectivity index (χ0) is 59.0. The molecule has 0 aliphatic carbocycles. The largest absolute Gasteiger partial charge is 0.397 e. The second-order valence-electron chi connectivity index (χ2n) is 24.1. The highest BCUT2D eigenvalue weighted by Gasteiger charge is 2.48. The number of ether oxygens (including phenoxy) is 2. The zero-order valence-corrected chi connectivity index (χ0v) is 53.2. The van der Waals surface area contributed by atoms with E-state index in [4.69, 9.17) is 9.47 Å². The van der Waals surface area contributed by atoms with Crippen LogP contribution in [0.5, 0.6) is 0 Å². The van der Waals surface area contributed by atoms with E-state index in [1.807, 2.05) is 6.08 Å². The van der Waals surface area contributed by atoms with Gasteiger partial charge in [0, 0.05) is 6.42 Å². The number of amides is 1. The van der Waals surface area contributed by atoms with Crippen molar-refractivity contribution in [3.05, 3.63) is 36.5 Å². The Kier molecular flexibility index (Phi) is 54.8. The van der Waals surface area contributed by atoms with Gasteiger partial charge < -0.3 is 35.2 Å². The first-order chi connectivity index (χ1) is 39.5. The van der Waals surface area contributed by atoms with Crippen LogP contribution in [-0.2, 0) is 28.9 Å². The standard InChI is InChI=1S/C68H129NO11S/c1-3-5-7-9-11-13-15-17-19-21-23-24-25-26-27-28-29-30-31-32-33-34-35-36-37-38-40-42-44-46-48-50-52-54-56-58-64(72)69-61(60-78-68-66(74)67(80-81(75,76)77)65(73)63(59-70)79-68)62(71)57-55-53-51-49-47-45-43-41-39-22-20-18-16-14-12-10-8-6-4-2/h25-26,28-29,55,57,61-63,65-68,70-71,73-74H,3-24,27,30-54,56,58-60H2,1-2H3,(H,69,72)(H,75,76,77)/b26-25-,29-28-,57-55+. The van der Waals surface area contributed by atoms with Crippen molar-refractivity contribution in [3.8, 4) is 0 Å². The Balaban J connectivity index is 2.22. The van der Waals surface area contributed by atoms with Gasteiger partial charge in [0.2, 0.25) is 5.91 Å². The second kappa shape index (κ2) is 57.4. The zero-order valence-electron chi connectivity index (χ0n) is 52.4. The molecule has 13 heteroatoms. The molecule has 81 heavy (non-hydrogen) atoms. The Morgan fingerprint density at radius 2 is 0.827 bits per heavy atom. The van der Waals surface area contributed by atoms with E-state index in [0.717, 1.165) is 44.9 Å². The summed E-state index contributed by atoms with van der Waals surface area (Å²) in [5, 5.41) is 45.1. The van der Waals surface area contributed by atoms with Crippen molar-refractivity contribution in [2.45, 2.75) is 378 Å². The fourth-order valence-corrected chi connectivity index (χ4v) is 11.6. The van der Waals surface area contributed by atoms with Gasteiger partial charge in [-0.15, -0.1) is 0 Å². The lowest BCUT2D eigenvalue weighted by Gasteiger charge is -2.41. The highest BCUT2D eigenvalue weighted by molar-refractivity contribution is 7.80. The number of aliphatic hydroxyl groups is 4. The average Bonchev–Trinajstić information content (AvgIpc) is 3.51. The van der Waals surface area contributed by atoms with Gasteiger partial charge in [-0.2, -0.15) is 8.42 Å². The van der Waals surface area contributed by atoms with Gasteiger partial charge in [0.25, 0.3) is 0 Å². The Labute approximate surface area is 498 Å². The molecular formula is C68H129NO11S. The van der Waals surface area contributed by atoms with Crippen molar-refractivity contribution in [1.82, 2.24) is 5.32 Å². The predicted octanol–water partition coefficient (Wildman–Crippen LogP) is 17.7. The summed E-state index contributed by atoms with van der Waals surface area (Å²) in [6.45, 7) is 3.45. The first-order valence-corrected chi connectivity index (χ1v) is 35.7. The minimum Gasteiger partial charge on any atom is -0.394 e. The summed E-state index contributed by atoms with van der Waals surface area (Å²) in [6.07, 6.45) is 66.5. The van der Waals surface area contributed by atoms with E-state index in [-0.39, 0.29) is 18.9 Å². The highest BCUT2D eigenvalue weighted by Crippen LogP contribution is 2.26. The van der Waals surface area contributed by atoms with E-state index in [1.165, 1.54) is 263 Å². The van der Waals surface area contributed by atoms with E-state index < -0.39 is 59.9 Å². The van der Waals surface area contributed by atoms with Gasteiger partial charge in [-0.1, -0.05) is 314 Å². The lowest BCUT2D eigenvalue weighted by molar-refractivity contribution is -0.298. The number of unbranched alkanes of at least 4 members (excludes halogenated alkanes) is 45. The van der Waals surface area contributed by atoms with Crippen LogP contribution in [-0.4, -0.2) is 95.4 Å². The summed E-state index contributed by atoms with van der Waals surface area (Å²) in [5.41, 5.74) is 0. The molecule has 0 aromatic rings. The SMILES string of the molecule is CCCCCCCCCCCCC/C=C\C/C=C\CCCCCCCCCCCCCCCCCCCC(=O)NC(COC1OC(CO)C(O)C(OS(=O)(=O)O)C1O)C(O)/C=C/CCCCCCCCCCCCCCCCCCC. The number of rotatable bonds is 61. The predicted molar refractivity (Wildman–Crippen MR) is 338 cm³/mol. The molecule has 6 N–H and O–H groups in total. The van der Waals surface area contributed by atoms with Gasteiger partial charge in [0.1, 0.15) is 24.4 Å². The molecule has 478 valence electrons. The van der Waals surface area contributed by atoms with Crippen LogP contribution < -0.4 is 5.32 Å². The molecule has 0 aromatic heterocycles. The Bertz CT molecular complexity index is 1560. The Morgan fingerprint density at radius 3 is 1.17 bits per heavy atom. The van der Waals surface area contributed by atoms with Crippen LogP contribution in [0.25, 0.3) is 0 Å². The van der Waals surface area contributed by atoms with Crippen molar-refractivity contribution >= 4 is 16.3 Å². The number of hydrogen-bond acceptors (Lipinski definition) is 10. The summed E-state index contributed by atoms with van der Waals surface area (Å²) < 4.78 is 48.0. The maximum Gasteiger partial charge on any atom is 0.397 e. The fourth-order valence-electron chi connectivity index (χ4n) is 11.1. The summed E-state index contributed by atoms with van der Waals surface area (Å²) >= 11 is 0. The smallest absolute Gasteiger partial charge is 0.394 e. The number of aliphatic hydroxyl groups excluding tert-OH is 4. The Morgan fingerprint density at radius 1 is 0.494 bits per heavy atom. The summed E-state index contributed by atoms with van der Waals surface area (Å²) in [6, 6.07) is -0.944. The van der Waals surface area contributed by atoms with Crippen molar-refractivity contribution < 1.29 is 51.8 Å². The van der Waals surface area contributed by atoms with Crippen LogP contribution in [0.3, 0.4) is 0 Å². The third kappa shape index (κ3) is 49.2. The number of carbonyl (C=O) groups excluding carboxylic acids is 1. The van der Waals surface area contributed by atoms with Crippen LogP contribution in [0.4, 0.5) is 0 Å². The molecule has 7 unspecified atom stereocenters. The number of carbonyl (C=O) groups is 1. The second-order valence-corrected chi connectivity index (χ2v) is 25.2. The van der Waals surface area contributed by atoms with Crippen LogP contribution >= 0.6 is 0 Å². The van der Waals surface area contributed by atoms with Crippen molar-refractivity contribution in [3.63, 3.8) is 0 Å². The molecule has 0 aromatic carbocycles. The lowest BCUT2D eigenvalue weighted by atomic mass is 9.99. The maximum absolute atomic E-state index is 13.2. The van der Waals surface area contributed by atoms with Gasteiger partial charge in [-0.05, 0) is 51.4 Å². The monoisotopic (exact) mass is 1170 g/mol. The molecule has 1 rings (SSSR count). The van der Waals surface area contributed by atoms with Crippen molar-refractivity contribution in [1.29, 1.82) is 0 Å². The lowest BCUT2D eigenvalue weighted by Crippen LogP contribution is -2.61. The first-order valence-electron chi connectivity index (χ1n) is 34.4. The molecule has 12 nitrogen and oxygen atoms in total. The molecule has 0 radical (unpaired) electrons. The van der Waals surface area contributed by atoms with Crippen molar-refractivity contribution in [2.24, 2.45) is 0 Å². The van der Waals surface area contributed by atoms with Crippen LogP contribution in [0.2, 0.25) is 0 Å². The number of allylic oxidation sites excluding steroid dienone is 5. The molecule has 1 heterocycles. The molecule has 7 atom stereocenters. The number of nitrogens with one attached hydrogen (secondary N) is 1. The summed E-state index contributed by atoms with van der Waals surface area (Å²) in [4.78, 5) is 13.2. The fraction of sp³-hybridized carbons (Fsp3) is 0.897. The van der Waals surface area contributed by atoms with E-state index in [0.29, 0.717) is 6.42 Å². The van der Waals surface area contributed by atoms with E-state index in [9.17, 15) is 38.2 Å². The van der Waals surface area contributed by atoms with Gasteiger partial charge in [0.05, 0.1) is 25.4 Å². The molecule has 0 saturated carbocycles. The molecule has 1 aliphatic rings. The molecule has 1 saturated heterocycles. The van der Waals surface area contributed by atoms with Crippen molar-refractivity contribution in [2.75, 3.05) is 13.2 Å². The van der Waals surface area contributed by atoms with E-state index in [1.54, 1.807) is 6.08 Å². The molecular weight excluding hydrogens is 1040 g/mol. The maximum atomic E-state index is 13.2. The quantitative estimate of drug-likeness (QED) is 0.0193. The number of hydrogen-bond donors (Lipinski definition) is 6. The van der Waals surface area contributed by atoms with Gasteiger partial charge in [-0.25, -0.2) is 4.18 Å². The third-order valence-electron chi connectivity index (χ3n) is 16.4. The minimum atomic E-state index is -5.09. The van der Waals surface area contributed by atoms with Crippen LogP contribution in [0, 0.1) is 0 Å². The molecule has 1 amide bonds. The van der Waals surface area contributed by atoms with Gasteiger partial charge in [0.15, 0.2) is 6.29 Å². The van der Waals surface area contributed by atoms with Crippen LogP contribution in [0.15, 0.2) is 36.5 Å². The normalized spacial score (nSPS) is 18.7. The Hall–Kier alpha value is -1.68. The topological polar surface area (TPSA) is 192 Å². The average molecular weight is 1170 g/mol.